The number of allylic oxidation sites excluding steroid dienone is 1. The lowest BCUT2D eigenvalue weighted by Gasteiger charge is -2.00. The number of amides is 1. The van der Waals surface area contributed by atoms with Crippen LogP contribution < -0.4 is 5.32 Å². The SMILES string of the molecule is CNC(=O)Cc1ccc(C=CCCCl)cc1. The summed E-state index contributed by atoms with van der Waals surface area (Å²) < 4.78 is 0. The number of hydrogen-bond donors (Lipinski definition) is 1. The Morgan fingerprint density at radius 1 is 1.38 bits per heavy atom. The molecule has 1 N–H and O–H groups in total. The molecule has 0 radical (unpaired) electrons. The lowest BCUT2D eigenvalue weighted by Crippen LogP contribution is -2.19. The molecule has 16 heavy (non-hydrogen) atoms. The van der Waals surface area contributed by atoms with Crippen LogP contribution in [0.15, 0.2) is 30.3 Å². The summed E-state index contributed by atoms with van der Waals surface area (Å²) >= 11 is 5.57. The summed E-state index contributed by atoms with van der Waals surface area (Å²) in [6, 6.07) is 7.94. The van der Waals surface area contributed by atoms with Crippen LogP contribution in [-0.2, 0) is 11.2 Å². The van der Waals surface area contributed by atoms with E-state index in [0.29, 0.717) is 12.3 Å². The van der Waals surface area contributed by atoms with Crippen molar-refractivity contribution in [1.82, 2.24) is 5.32 Å². The lowest BCUT2D eigenvalue weighted by atomic mass is 10.1. The Hall–Kier alpha value is -1.28. The quantitative estimate of drug-likeness (QED) is 0.784. The van der Waals surface area contributed by atoms with Crippen molar-refractivity contribution in [3.05, 3.63) is 41.5 Å². The van der Waals surface area contributed by atoms with Crippen LogP contribution in [0.4, 0.5) is 0 Å². The monoisotopic (exact) mass is 237 g/mol. The van der Waals surface area contributed by atoms with Crippen LogP contribution in [0, 0.1) is 0 Å². The summed E-state index contributed by atoms with van der Waals surface area (Å²) in [5.41, 5.74) is 2.15. The van der Waals surface area contributed by atoms with E-state index in [9.17, 15) is 4.79 Å². The Bertz CT molecular complexity index is 357. The highest BCUT2D eigenvalue weighted by Gasteiger charge is 1.99. The minimum Gasteiger partial charge on any atom is -0.359 e. The van der Waals surface area contributed by atoms with E-state index in [1.165, 1.54) is 0 Å². The maximum Gasteiger partial charge on any atom is 0.224 e. The molecule has 3 heteroatoms. The van der Waals surface area contributed by atoms with Crippen LogP contribution in [0.25, 0.3) is 6.08 Å². The van der Waals surface area contributed by atoms with Crippen LogP contribution in [0.5, 0.6) is 0 Å². The van der Waals surface area contributed by atoms with Gasteiger partial charge in [0.2, 0.25) is 5.91 Å². The molecule has 0 unspecified atom stereocenters. The third-order valence-electron chi connectivity index (χ3n) is 2.21. The van der Waals surface area contributed by atoms with Gasteiger partial charge in [0.05, 0.1) is 6.42 Å². The molecule has 0 aliphatic carbocycles. The second kappa shape index (κ2) is 7.07. The molecule has 0 fully saturated rings. The van der Waals surface area contributed by atoms with Gasteiger partial charge in [-0.15, -0.1) is 11.6 Å². The fourth-order valence-corrected chi connectivity index (χ4v) is 1.43. The highest BCUT2D eigenvalue weighted by atomic mass is 35.5. The number of benzene rings is 1. The smallest absolute Gasteiger partial charge is 0.224 e. The number of likely N-dealkylation sites (N-methyl/N-ethyl adjacent to an activating group) is 1. The third-order valence-corrected chi connectivity index (χ3v) is 2.43. The molecule has 1 rings (SSSR count). The van der Waals surface area contributed by atoms with Gasteiger partial charge in [-0.05, 0) is 17.5 Å². The van der Waals surface area contributed by atoms with E-state index < -0.39 is 0 Å². The average molecular weight is 238 g/mol. The number of carbonyl (C=O) groups is 1. The summed E-state index contributed by atoms with van der Waals surface area (Å²) in [6.45, 7) is 0. The highest BCUT2D eigenvalue weighted by molar-refractivity contribution is 6.17. The first-order valence-corrected chi connectivity index (χ1v) is 5.81. The normalized spacial score (nSPS) is 10.6. The second-order valence-electron chi connectivity index (χ2n) is 3.47. The predicted octanol–water partition coefficient (Wildman–Crippen LogP) is 2.62. The van der Waals surface area contributed by atoms with Gasteiger partial charge < -0.3 is 5.32 Å². The first-order valence-electron chi connectivity index (χ1n) is 5.28. The molecule has 0 atom stereocenters. The fourth-order valence-electron chi connectivity index (χ4n) is 1.30. The van der Waals surface area contributed by atoms with E-state index >= 15 is 0 Å². The summed E-state index contributed by atoms with van der Waals surface area (Å²) in [6.07, 6.45) is 5.39. The number of nitrogens with one attached hydrogen (secondary N) is 1. The zero-order valence-electron chi connectivity index (χ0n) is 9.37. The number of hydrogen-bond acceptors (Lipinski definition) is 1. The standard InChI is InChI=1S/C13H16ClNO/c1-15-13(16)10-12-7-5-11(6-8-12)4-2-3-9-14/h2,4-8H,3,9-10H2,1H3,(H,15,16). The van der Waals surface area contributed by atoms with Crippen LogP contribution in [-0.4, -0.2) is 18.8 Å². The molecule has 0 spiro atoms. The van der Waals surface area contributed by atoms with Crippen LogP contribution in [0.3, 0.4) is 0 Å². The molecule has 0 saturated heterocycles. The van der Waals surface area contributed by atoms with E-state index in [1.807, 2.05) is 36.4 Å². The summed E-state index contributed by atoms with van der Waals surface area (Å²) in [5, 5.41) is 2.60. The molecular weight excluding hydrogens is 222 g/mol. The Morgan fingerprint density at radius 3 is 2.62 bits per heavy atom. The molecule has 0 aromatic heterocycles. The zero-order valence-corrected chi connectivity index (χ0v) is 10.1. The van der Waals surface area contributed by atoms with Gasteiger partial charge in [-0.3, -0.25) is 4.79 Å². The van der Waals surface area contributed by atoms with Crippen molar-refractivity contribution in [1.29, 1.82) is 0 Å². The van der Waals surface area contributed by atoms with Crippen LogP contribution in [0.2, 0.25) is 0 Å². The Labute approximate surface area is 101 Å². The molecule has 1 amide bonds. The first kappa shape index (κ1) is 12.8. The zero-order chi connectivity index (χ0) is 11.8. The van der Waals surface area contributed by atoms with Gasteiger partial charge in [0.1, 0.15) is 0 Å². The van der Waals surface area contributed by atoms with E-state index in [2.05, 4.69) is 5.32 Å². The molecule has 0 bridgehead atoms. The van der Waals surface area contributed by atoms with Gasteiger partial charge in [-0.2, -0.15) is 0 Å². The first-order chi connectivity index (χ1) is 7.76. The molecule has 0 aliphatic rings. The molecule has 1 aromatic rings. The largest absolute Gasteiger partial charge is 0.359 e. The van der Waals surface area contributed by atoms with E-state index in [4.69, 9.17) is 11.6 Å². The Balaban J connectivity index is 2.57. The number of rotatable bonds is 5. The minimum absolute atomic E-state index is 0.0328. The Kier molecular flexibility index (Phi) is 5.65. The Morgan fingerprint density at radius 2 is 2.06 bits per heavy atom. The maximum atomic E-state index is 11.1. The van der Waals surface area contributed by atoms with Crippen molar-refractivity contribution in [2.24, 2.45) is 0 Å². The number of halogens is 1. The highest BCUT2D eigenvalue weighted by Crippen LogP contribution is 2.07. The van der Waals surface area contributed by atoms with Crippen molar-refractivity contribution >= 4 is 23.6 Å². The topological polar surface area (TPSA) is 29.1 Å². The van der Waals surface area contributed by atoms with Crippen molar-refractivity contribution in [2.75, 3.05) is 12.9 Å². The molecule has 0 aliphatic heterocycles. The minimum atomic E-state index is 0.0328. The van der Waals surface area contributed by atoms with Crippen LogP contribution in [0.1, 0.15) is 17.5 Å². The number of alkyl halides is 1. The predicted molar refractivity (Wildman–Crippen MR) is 68.6 cm³/mol. The van der Waals surface area contributed by atoms with Crippen molar-refractivity contribution in [2.45, 2.75) is 12.8 Å². The molecule has 0 heterocycles. The summed E-state index contributed by atoms with van der Waals surface area (Å²) in [4.78, 5) is 11.1. The van der Waals surface area contributed by atoms with Crippen molar-refractivity contribution < 1.29 is 4.79 Å². The second-order valence-corrected chi connectivity index (χ2v) is 3.85. The summed E-state index contributed by atoms with van der Waals surface area (Å²) in [5.74, 6) is 0.677. The molecule has 86 valence electrons. The van der Waals surface area contributed by atoms with Crippen molar-refractivity contribution in [3.63, 3.8) is 0 Å². The van der Waals surface area contributed by atoms with E-state index in [0.717, 1.165) is 17.5 Å². The van der Waals surface area contributed by atoms with Gasteiger partial charge in [-0.1, -0.05) is 36.4 Å². The molecule has 1 aromatic carbocycles. The van der Waals surface area contributed by atoms with E-state index in [1.54, 1.807) is 7.05 Å². The van der Waals surface area contributed by atoms with Gasteiger partial charge in [0.25, 0.3) is 0 Å². The molecule has 2 nitrogen and oxygen atoms in total. The van der Waals surface area contributed by atoms with Gasteiger partial charge >= 0.3 is 0 Å². The fraction of sp³-hybridized carbons (Fsp3) is 0.308. The maximum absolute atomic E-state index is 11.1. The van der Waals surface area contributed by atoms with Gasteiger partial charge in [0.15, 0.2) is 0 Å². The van der Waals surface area contributed by atoms with Crippen LogP contribution >= 0.6 is 11.6 Å². The molecular formula is C13H16ClNO. The lowest BCUT2D eigenvalue weighted by molar-refractivity contribution is -0.119. The van der Waals surface area contributed by atoms with Gasteiger partial charge in [0, 0.05) is 12.9 Å². The van der Waals surface area contributed by atoms with Gasteiger partial charge in [-0.25, -0.2) is 0 Å². The number of carbonyl (C=O) groups excluding carboxylic acids is 1. The average Bonchev–Trinajstić information content (AvgIpc) is 2.31. The summed E-state index contributed by atoms with van der Waals surface area (Å²) in [7, 11) is 1.64. The van der Waals surface area contributed by atoms with Crippen molar-refractivity contribution in [3.8, 4) is 0 Å². The third kappa shape index (κ3) is 4.49. The van der Waals surface area contributed by atoms with E-state index in [-0.39, 0.29) is 5.91 Å². The molecule has 0 saturated carbocycles.